The summed E-state index contributed by atoms with van der Waals surface area (Å²) in [7, 11) is 1.68. The Kier molecular flexibility index (Phi) is 5.76. The Hall–Kier alpha value is -1.14. The highest BCUT2D eigenvalue weighted by Gasteiger charge is 2.43. The fourth-order valence-corrected chi connectivity index (χ4v) is 4.49. The molecule has 2 heterocycles. The predicted molar refractivity (Wildman–Crippen MR) is 91.6 cm³/mol. The number of ether oxygens (including phenoxy) is 1. The minimum Gasteiger partial charge on any atom is -0.378 e. The molecule has 136 valence electrons. The first-order chi connectivity index (χ1) is 11.6. The number of hydrogen-bond acceptors (Lipinski definition) is 4. The van der Waals surface area contributed by atoms with E-state index in [0.717, 1.165) is 38.9 Å². The monoisotopic (exact) mass is 337 g/mol. The van der Waals surface area contributed by atoms with Crippen LogP contribution in [0.25, 0.3) is 0 Å². The number of piperidine rings is 1. The number of carbonyl (C=O) groups excluding carboxylic acids is 2. The first-order valence-corrected chi connectivity index (χ1v) is 9.44. The van der Waals surface area contributed by atoms with Crippen LogP contribution < -0.4 is 5.32 Å². The van der Waals surface area contributed by atoms with Gasteiger partial charge >= 0.3 is 0 Å². The molecule has 3 aliphatic rings. The highest BCUT2D eigenvalue weighted by molar-refractivity contribution is 5.78. The van der Waals surface area contributed by atoms with Crippen molar-refractivity contribution in [3.63, 3.8) is 0 Å². The van der Waals surface area contributed by atoms with E-state index in [9.17, 15) is 9.59 Å². The molecule has 6 nitrogen and oxygen atoms in total. The van der Waals surface area contributed by atoms with Gasteiger partial charge in [-0.1, -0.05) is 12.8 Å². The highest BCUT2D eigenvalue weighted by atomic mass is 16.5. The average molecular weight is 337 g/mol. The SMILES string of the molecule is CNC(=O)CN1CCOCC12CCN(C(=O)CC1CCCC1)CC2. The molecule has 2 amide bonds. The second-order valence-corrected chi connectivity index (χ2v) is 7.61. The van der Waals surface area contributed by atoms with Gasteiger partial charge in [-0.15, -0.1) is 0 Å². The summed E-state index contributed by atoms with van der Waals surface area (Å²) in [5.74, 6) is 0.985. The van der Waals surface area contributed by atoms with Crippen molar-refractivity contribution in [2.24, 2.45) is 5.92 Å². The van der Waals surface area contributed by atoms with Crippen molar-refractivity contribution in [1.82, 2.24) is 15.1 Å². The Labute approximate surface area is 144 Å². The lowest BCUT2D eigenvalue weighted by Crippen LogP contribution is -2.63. The molecule has 1 N–H and O–H groups in total. The molecule has 1 aliphatic carbocycles. The second-order valence-electron chi connectivity index (χ2n) is 7.61. The topological polar surface area (TPSA) is 61.9 Å². The van der Waals surface area contributed by atoms with E-state index in [4.69, 9.17) is 4.74 Å². The maximum absolute atomic E-state index is 12.5. The van der Waals surface area contributed by atoms with Crippen LogP contribution in [0.5, 0.6) is 0 Å². The quantitative estimate of drug-likeness (QED) is 0.832. The van der Waals surface area contributed by atoms with Crippen molar-refractivity contribution < 1.29 is 14.3 Å². The lowest BCUT2D eigenvalue weighted by Gasteiger charge is -2.50. The first-order valence-electron chi connectivity index (χ1n) is 9.44. The number of nitrogens with one attached hydrogen (secondary N) is 1. The van der Waals surface area contributed by atoms with Crippen molar-refractivity contribution in [3.8, 4) is 0 Å². The zero-order valence-corrected chi connectivity index (χ0v) is 14.9. The van der Waals surface area contributed by atoms with Gasteiger partial charge in [0.15, 0.2) is 0 Å². The summed E-state index contributed by atoms with van der Waals surface area (Å²) in [4.78, 5) is 28.7. The summed E-state index contributed by atoms with van der Waals surface area (Å²) >= 11 is 0. The van der Waals surface area contributed by atoms with Crippen molar-refractivity contribution in [3.05, 3.63) is 0 Å². The van der Waals surface area contributed by atoms with Crippen LogP contribution in [0.3, 0.4) is 0 Å². The molecule has 2 saturated heterocycles. The molecular formula is C18H31N3O3. The van der Waals surface area contributed by atoms with Gasteiger partial charge in [-0.3, -0.25) is 14.5 Å². The fourth-order valence-electron chi connectivity index (χ4n) is 4.49. The molecule has 3 rings (SSSR count). The van der Waals surface area contributed by atoms with E-state index < -0.39 is 0 Å². The minimum atomic E-state index is -0.0745. The van der Waals surface area contributed by atoms with Gasteiger partial charge in [0.1, 0.15) is 0 Å². The standard InChI is InChI=1S/C18H31N3O3/c1-19-16(22)13-21-10-11-24-14-18(21)6-8-20(9-7-18)17(23)12-15-4-2-3-5-15/h15H,2-14H2,1H3,(H,19,22). The fraction of sp³-hybridized carbons (Fsp3) is 0.889. The number of likely N-dealkylation sites (tertiary alicyclic amines) is 1. The number of morpholine rings is 1. The highest BCUT2D eigenvalue weighted by Crippen LogP contribution is 2.33. The second kappa shape index (κ2) is 7.83. The van der Waals surface area contributed by atoms with Crippen LogP contribution in [0.15, 0.2) is 0 Å². The van der Waals surface area contributed by atoms with Crippen molar-refractivity contribution in [1.29, 1.82) is 0 Å². The summed E-state index contributed by atoms with van der Waals surface area (Å²) in [6.07, 6.45) is 7.54. The van der Waals surface area contributed by atoms with E-state index in [1.165, 1.54) is 25.7 Å². The molecular weight excluding hydrogens is 306 g/mol. The molecule has 3 fully saturated rings. The normalized spacial score (nSPS) is 25.1. The largest absolute Gasteiger partial charge is 0.378 e. The van der Waals surface area contributed by atoms with Gasteiger partial charge in [-0.25, -0.2) is 0 Å². The van der Waals surface area contributed by atoms with E-state index in [-0.39, 0.29) is 11.4 Å². The minimum absolute atomic E-state index is 0.0519. The number of amides is 2. The predicted octanol–water partition coefficient (Wildman–Crippen LogP) is 1.01. The first kappa shape index (κ1) is 17.7. The Morgan fingerprint density at radius 1 is 1.17 bits per heavy atom. The summed E-state index contributed by atoms with van der Waals surface area (Å²) in [5, 5.41) is 2.72. The van der Waals surface area contributed by atoms with Crippen LogP contribution in [0.2, 0.25) is 0 Å². The van der Waals surface area contributed by atoms with Gasteiger partial charge in [0.05, 0.1) is 19.8 Å². The molecule has 0 bridgehead atoms. The van der Waals surface area contributed by atoms with Crippen LogP contribution in [0.1, 0.15) is 44.9 Å². The maximum Gasteiger partial charge on any atom is 0.233 e. The number of likely N-dealkylation sites (N-methyl/N-ethyl adjacent to an activating group) is 1. The molecule has 1 saturated carbocycles. The summed E-state index contributed by atoms with van der Waals surface area (Å²) < 4.78 is 5.73. The van der Waals surface area contributed by atoms with Crippen molar-refractivity contribution >= 4 is 11.8 Å². The molecule has 0 atom stereocenters. The molecule has 0 aromatic carbocycles. The number of carbonyl (C=O) groups is 2. The Bertz CT molecular complexity index is 454. The lowest BCUT2D eigenvalue weighted by atomic mass is 9.85. The van der Waals surface area contributed by atoms with Crippen molar-refractivity contribution in [2.75, 3.05) is 46.4 Å². The third-order valence-electron chi connectivity index (χ3n) is 6.15. The zero-order chi connectivity index (χ0) is 17.0. The van der Waals surface area contributed by atoms with Crippen LogP contribution in [-0.2, 0) is 14.3 Å². The van der Waals surface area contributed by atoms with E-state index in [0.29, 0.717) is 31.6 Å². The van der Waals surface area contributed by atoms with Crippen LogP contribution >= 0.6 is 0 Å². The summed E-state index contributed by atoms with van der Waals surface area (Å²) in [5.41, 5.74) is -0.0745. The third kappa shape index (κ3) is 3.91. The van der Waals surface area contributed by atoms with Gasteiger partial charge in [0, 0.05) is 38.6 Å². The number of rotatable bonds is 4. The van der Waals surface area contributed by atoms with E-state index in [2.05, 4.69) is 10.2 Å². The molecule has 1 spiro atoms. The lowest BCUT2D eigenvalue weighted by molar-refractivity contribution is -0.143. The Balaban J connectivity index is 1.55. The van der Waals surface area contributed by atoms with Crippen molar-refractivity contribution in [2.45, 2.75) is 50.5 Å². The van der Waals surface area contributed by atoms with Gasteiger partial charge in [-0.05, 0) is 31.6 Å². The molecule has 0 aromatic rings. The van der Waals surface area contributed by atoms with Crippen LogP contribution in [-0.4, -0.2) is 73.6 Å². The maximum atomic E-state index is 12.5. The van der Waals surface area contributed by atoms with Gasteiger partial charge in [-0.2, -0.15) is 0 Å². The summed E-state index contributed by atoms with van der Waals surface area (Å²) in [6.45, 7) is 4.16. The number of nitrogens with zero attached hydrogens (tertiary/aromatic N) is 2. The molecule has 0 aromatic heterocycles. The zero-order valence-electron chi connectivity index (χ0n) is 14.9. The molecule has 24 heavy (non-hydrogen) atoms. The van der Waals surface area contributed by atoms with Gasteiger partial charge in [0.2, 0.25) is 11.8 Å². The number of hydrogen-bond donors (Lipinski definition) is 1. The van der Waals surface area contributed by atoms with Crippen LogP contribution in [0, 0.1) is 5.92 Å². The molecule has 6 heteroatoms. The smallest absolute Gasteiger partial charge is 0.233 e. The molecule has 2 aliphatic heterocycles. The molecule has 0 radical (unpaired) electrons. The summed E-state index contributed by atoms with van der Waals surface area (Å²) in [6, 6.07) is 0. The molecule has 0 unspecified atom stereocenters. The van der Waals surface area contributed by atoms with Gasteiger partial charge in [0.25, 0.3) is 0 Å². The van der Waals surface area contributed by atoms with Crippen LogP contribution in [0.4, 0.5) is 0 Å². The average Bonchev–Trinajstić information content (AvgIpc) is 3.10. The van der Waals surface area contributed by atoms with E-state index in [1.807, 2.05) is 4.90 Å². The Morgan fingerprint density at radius 2 is 1.88 bits per heavy atom. The van der Waals surface area contributed by atoms with Gasteiger partial charge < -0.3 is 15.0 Å². The Morgan fingerprint density at radius 3 is 2.54 bits per heavy atom. The van der Waals surface area contributed by atoms with E-state index >= 15 is 0 Å². The third-order valence-corrected chi connectivity index (χ3v) is 6.15. The van der Waals surface area contributed by atoms with E-state index in [1.54, 1.807) is 7.05 Å².